The third-order valence-electron chi connectivity index (χ3n) is 3.56. The molecule has 6 nitrogen and oxygen atoms in total. The molecule has 3 rings (SSSR count). The number of rotatable bonds is 5. The van der Waals surface area contributed by atoms with E-state index in [1.54, 1.807) is 18.2 Å². The smallest absolute Gasteiger partial charge is 0.269 e. The van der Waals surface area contributed by atoms with Crippen molar-refractivity contribution in [1.82, 2.24) is 4.90 Å². The molecule has 0 radical (unpaired) electrons. The molecule has 0 bridgehead atoms. The lowest BCUT2D eigenvalue weighted by molar-refractivity contribution is -0.384. The molecule has 1 aliphatic heterocycles. The lowest BCUT2D eigenvalue weighted by Crippen LogP contribution is -2.33. The number of benzene rings is 2. The van der Waals surface area contributed by atoms with E-state index in [0.29, 0.717) is 14.8 Å². The van der Waals surface area contributed by atoms with Gasteiger partial charge >= 0.3 is 0 Å². The Kier molecular flexibility index (Phi) is 5.70. The highest BCUT2D eigenvalue weighted by molar-refractivity contribution is 9.10. The molecule has 1 aliphatic rings. The number of amides is 1. The van der Waals surface area contributed by atoms with Crippen molar-refractivity contribution in [3.63, 3.8) is 0 Å². The second kappa shape index (κ2) is 7.98. The highest BCUT2D eigenvalue weighted by Crippen LogP contribution is 2.32. The van der Waals surface area contributed by atoms with Crippen LogP contribution in [0.25, 0.3) is 6.08 Å². The number of carbonyl (C=O) groups is 1. The third kappa shape index (κ3) is 4.29. The number of halogens is 1. The first kappa shape index (κ1) is 18.6. The van der Waals surface area contributed by atoms with Gasteiger partial charge in [-0.25, -0.2) is 0 Å². The van der Waals surface area contributed by atoms with Crippen LogP contribution < -0.4 is 5.32 Å². The number of nitro groups is 1. The minimum Gasteiger partial charge on any atom is -0.367 e. The molecule has 2 aromatic rings. The van der Waals surface area contributed by atoms with Crippen LogP contribution in [-0.2, 0) is 4.79 Å². The van der Waals surface area contributed by atoms with Crippen LogP contribution in [0.5, 0.6) is 0 Å². The van der Waals surface area contributed by atoms with E-state index in [0.717, 1.165) is 10.2 Å². The molecule has 0 atom stereocenters. The molecule has 1 heterocycles. The molecule has 132 valence electrons. The van der Waals surface area contributed by atoms with Gasteiger partial charge in [-0.3, -0.25) is 19.8 Å². The SMILES string of the molecule is O=C1C(=Cc2ccc([N+](=O)[O-])cc2)SC(=S)N1CNc1ccc(Br)cc1. The minimum atomic E-state index is -0.461. The van der Waals surface area contributed by atoms with Crippen molar-refractivity contribution < 1.29 is 9.72 Å². The van der Waals surface area contributed by atoms with Gasteiger partial charge in [-0.15, -0.1) is 0 Å². The summed E-state index contributed by atoms with van der Waals surface area (Å²) in [6, 6.07) is 13.6. The standard InChI is InChI=1S/C17H12BrN3O3S2/c18-12-3-5-13(6-4-12)19-10-20-16(22)15(26-17(20)25)9-11-1-7-14(8-2-11)21(23)24/h1-9,19H,10H2. The molecule has 1 saturated heterocycles. The van der Waals surface area contributed by atoms with Crippen LogP contribution in [0.3, 0.4) is 0 Å². The number of anilines is 1. The number of hydrogen-bond acceptors (Lipinski definition) is 6. The molecule has 0 aliphatic carbocycles. The van der Waals surface area contributed by atoms with Gasteiger partial charge in [0.05, 0.1) is 16.5 Å². The van der Waals surface area contributed by atoms with Gasteiger partial charge in [0, 0.05) is 22.3 Å². The molecule has 0 saturated carbocycles. The molecule has 0 aromatic heterocycles. The highest BCUT2D eigenvalue weighted by atomic mass is 79.9. The van der Waals surface area contributed by atoms with Crippen LogP contribution in [-0.4, -0.2) is 26.7 Å². The van der Waals surface area contributed by atoms with Crippen molar-refractivity contribution in [3.05, 3.63) is 73.6 Å². The number of nitro benzene ring substituents is 1. The first-order valence-corrected chi connectivity index (χ1v) is 9.45. The number of hydrogen-bond donors (Lipinski definition) is 1. The number of non-ortho nitro benzene ring substituents is 1. The van der Waals surface area contributed by atoms with Crippen LogP contribution in [0.4, 0.5) is 11.4 Å². The van der Waals surface area contributed by atoms with Crippen LogP contribution in [0.1, 0.15) is 5.56 Å². The number of thioether (sulfide) groups is 1. The van der Waals surface area contributed by atoms with Gasteiger partial charge in [0.25, 0.3) is 11.6 Å². The monoisotopic (exact) mass is 449 g/mol. The van der Waals surface area contributed by atoms with Gasteiger partial charge in [-0.1, -0.05) is 39.9 Å². The Morgan fingerprint density at radius 2 is 1.85 bits per heavy atom. The Labute approximate surface area is 167 Å². The first-order chi connectivity index (χ1) is 12.4. The number of carbonyl (C=O) groups excluding carboxylic acids is 1. The number of nitrogens with one attached hydrogen (secondary N) is 1. The summed E-state index contributed by atoms with van der Waals surface area (Å²) in [4.78, 5) is 24.8. The quantitative estimate of drug-likeness (QED) is 0.310. The van der Waals surface area contributed by atoms with Crippen molar-refractivity contribution in [1.29, 1.82) is 0 Å². The predicted octanol–water partition coefficient (Wildman–Crippen LogP) is 4.63. The summed E-state index contributed by atoms with van der Waals surface area (Å²) in [5, 5.41) is 13.9. The lowest BCUT2D eigenvalue weighted by atomic mass is 10.2. The number of thiocarbonyl (C=S) groups is 1. The van der Waals surface area contributed by atoms with Gasteiger partial charge in [0.15, 0.2) is 0 Å². The minimum absolute atomic E-state index is 0.00777. The zero-order valence-electron chi connectivity index (χ0n) is 13.2. The maximum absolute atomic E-state index is 12.6. The molecule has 2 aromatic carbocycles. The third-order valence-corrected chi connectivity index (χ3v) is 5.47. The zero-order valence-corrected chi connectivity index (χ0v) is 16.4. The van der Waals surface area contributed by atoms with Crippen LogP contribution in [0.15, 0.2) is 57.9 Å². The Balaban J connectivity index is 1.69. The zero-order chi connectivity index (χ0) is 18.7. The number of nitrogens with zero attached hydrogens (tertiary/aromatic N) is 2. The Morgan fingerprint density at radius 3 is 2.46 bits per heavy atom. The largest absolute Gasteiger partial charge is 0.367 e. The molecule has 0 unspecified atom stereocenters. The molecule has 1 fully saturated rings. The van der Waals surface area contributed by atoms with Gasteiger partial charge < -0.3 is 5.32 Å². The highest BCUT2D eigenvalue weighted by Gasteiger charge is 2.31. The van der Waals surface area contributed by atoms with E-state index in [-0.39, 0.29) is 18.3 Å². The summed E-state index contributed by atoms with van der Waals surface area (Å²) in [6.07, 6.45) is 1.68. The molecule has 1 N–H and O–H groups in total. The van der Waals surface area contributed by atoms with Crippen LogP contribution in [0.2, 0.25) is 0 Å². The fraction of sp³-hybridized carbons (Fsp3) is 0.0588. The molecular weight excluding hydrogens is 438 g/mol. The Morgan fingerprint density at radius 1 is 1.19 bits per heavy atom. The summed E-state index contributed by atoms with van der Waals surface area (Å²) in [5.41, 5.74) is 1.59. The van der Waals surface area contributed by atoms with E-state index in [4.69, 9.17) is 12.2 Å². The van der Waals surface area contributed by atoms with Crippen molar-refractivity contribution in [2.24, 2.45) is 0 Å². The summed E-state index contributed by atoms with van der Waals surface area (Å²) < 4.78 is 1.44. The predicted molar refractivity (Wildman–Crippen MR) is 111 cm³/mol. The second-order valence-corrected chi connectivity index (χ2v) is 7.89. The average molecular weight is 450 g/mol. The summed E-state index contributed by atoms with van der Waals surface area (Å²) in [6.45, 7) is 0.268. The van der Waals surface area contributed by atoms with Crippen molar-refractivity contribution in [2.45, 2.75) is 0 Å². The molecule has 9 heteroatoms. The van der Waals surface area contributed by atoms with Crippen LogP contribution in [0, 0.1) is 10.1 Å². The van der Waals surface area contributed by atoms with Crippen molar-refractivity contribution >= 4 is 67.6 Å². The Hall–Kier alpha value is -2.23. The van der Waals surface area contributed by atoms with Crippen LogP contribution >= 0.6 is 39.9 Å². The summed E-state index contributed by atoms with van der Waals surface area (Å²) in [5.74, 6) is -0.192. The van der Waals surface area contributed by atoms with E-state index >= 15 is 0 Å². The van der Waals surface area contributed by atoms with Gasteiger partial charge in [0.1, 0.15) is 4.32 Å². The second-order valence-electron chi connectivity index (χ2n) is 5.30. The van der Waals surface area contributed by atoms with Gasteiger partial charge in [-0.2, -0.15) is 0 Å². The molecule has 0 spiro atoms. The first-order valence-electron chi connectivity index (χ1n) is 7.43. The fourth-order valence-electron chi connectivity index (χ4n) is 2.22. The van der Waals surface area contributed by atoms with Gasteiger partial charge in [0.2, 0.25) is 0 Å². The van der Waals surface area contributed by atoms with Gasteiger partial charge in [-0.05, 0) is 48.0 Å². The summed E-state index contributed by atoms with van der Waals surface area (Å²) in [7, 11) is 0. The molecule has 1 amide bonds. The van der Waals surface area contributed by atoms with Crippen molar-refractivity contribution in [2.75, 3.05) is 12.0 Å². The fourth-order valence-corrected chi connectivity index (χ4v) is 3.74. The van der Waals surface area contributed by atoms with E-state index in [9.17, 15) is 14.9 Å². The maximum atomic E-state index is 12.6. The van der Waals surface area contributed by atoms with E-state index < -0.39 is 4.92 Å². The normalized spacial score (nSPS) is 15.6. The summed E-state index contributed by atoms with van der Waals surface area (Å²) >= 11 is 9.88. The average Bonchev–Trinajstić information content (AvgIpc) is 2.88. The van der Waals surface area contributed by atoms with Crippen molar-refractivity contribution in [3.8, 4) is 0 Å². The molecular formula is C17H12BrN3O3S2. The lowest BCUT2D eigenvalue weighted by Gasteiger charge is -2.16. The topological polar surface area (TPSA) is 75.5 Å². The van der Waals surface area contributed by atoms with E-state index in [2.05, 4.69) is 21.2 Å². The van der Waals surface area contributed by atoms with E-state index in [1.807, 2.05) is 24.3 Å². The molecule has 26 heavy (non-hydrogen) atoms. The Bertz CT molecular complexity index is 898. The van der Waals surface area contributed by atoms with E-state index in [1.165, 1.54) is 28.8 Å². The maximum Gasteiger partial charge on any atom is 0.269 e.